The molecule has 1 saturated carbocycles. The van der Waals surface area contributed by atoms with Gasteiger partial charge in [0.25, 0.3) is 0 Å². The molecular weight excluding hydrogens is 190 g/mol. The summed E-state index contributed by atoms with van der Waals surface area (Å²) in [6, 6.07) is 0. The van der Waals surface area contributed by atoms with Crippen LogP contribution in [0.15, 0.2) is 6.33 Å². The summed E-state index contributed by atoms with van der Waals surface area (Å²) in [4.78, 5) is 4.02. The van der Waals surface area contributed by atoms with E-state index in [0.29, 0.717) is 17.7 Å². The van der Waals surface area contributed by atoms with Crippen LogP contribution in [0, 0.1) is 17.8 Å². The first-order chi connectivity index (χ1) is 7.18. The van der Waals surface area contributed by atoms with Crippen molar-refractivity contribution in [2.24, 2.45) is 17.8 Å². The number of nitrogens with zero attached hydrogens (tertiary/aromatic N) is 2. The Bertz CT molecular complexity index is 299. The van der Waals surface area contributed by atoms with Crippen molar-refractivity contribution in [3.05, 3.63) is 12.2 Å². The van der Waals surface area contributed by atoms with Crippen molar-refractivity contribution in [3.63, 3.8) is 0 Å². The van der Waals surface area contributed by atoms with E-state index in [-0.39, 0.29) is 0 Å². The first-order valence-corrected chi connectivity index (χ1v) is 5.71. The fourth-order valence-corrected chi connectivity index (χ4v) is 2.46. The summed E-state index contributed by atoms with van der Waals surface area (Å²) in [7, 11) is 0. The molecule has 0 bridgehead atoms. The number of H-pyrrole nitrogens is 1. The second-order valence-electron chi connectivity index (χ2n) is 4.84. The summed E-state index contributed by atoms with van der Waals surface area (Å²) in [5, 5.41) is 16.6. The van der Waals surface area contributed by atoms with Crippen molar-refractivity contribution in [2.45, 2.75) is 39.2 Å². The van der Waals surface area contributed by atoms with Crippen molar-refractivity contribution < 1.29 is 5.11 Å². The lowest BCUT2D eigenvalue weighted by molar-refractivity contribution is 0.0502. The van der Waals surface area contributed by atoms with E-state index < -0.39 is 6.10 Å². The van der Waals surface area contributed by atoms with Crippen molar-refractivity contribution in [1.29, 1.82) is 0 Å². The number of hydrogen-bond donors (Lipinski definition) is 2. The maximum absolute atomic E-state index is 10.1. The molecule has 4 nitrogen and oxygen atoms in total. The minimum Gasteiger partial charge on any atom is -0.385 e. The van der Waals surface area contributed by atoms with Crippen molar-refractivity contribution >= 4 is 0 Å². The Morgan fingerprint density at radius 2 is 2.20 bits per heavy atom. The van der Waals surface area contributed by atoms with Gasteiger partial charge in [-0.05, 0) is 30.6 Å². The van der Waals surface area contributed by atoms with Crippen molar-refractivity contribution in [2.75, 3.05) is 0 Å². The molecule has 1 aromatic rings. The molecule has 4 unspecified atom stereocenters. The highest BCUT2D eigenvalue weighted by atomic mass is 16.3. The van der Waals surface area contributed by atoms with Crippen LogP contribution in [0.5, 0.6) is 0 Å². The number of aliphatic hydroxyl groups is 1. The zero-order valence-electron chi connectivity index (χ0n) is 9.35. The van der Waals surface area contributed by atoms with Gasteiger partial charge in [-0.15, -0.1) is 0 Å². The van der Waals surface area contributed by atoms with Gasteiger partial charge < -0.3 is 5.11 Å². The Morgan fingerprint density at radius 3 is 2.80 bits per heavy atom. The zero-order chi connectivity index (χ0) is 10.8. The van der Waals surface area contributed by atoms with Gasteiger partial charge in [-0.25, -0.2) is 4.98 Å². The molecule has 0 amide bonds. The Morgan fingerprint density at radius 1 is 1.40 bits per heavy atom. The predicted octanol–water partition coefficient (Wildman–Crippen LogP) is 1.91. The third kappa shape index (κ3) is 2.20. The van der Waals surface area contributed by atoms with Crippen LogP contribution in [0.1, 0.15) is 45.0 Å². The molecule has 0 spiro atoms. The molecule has 15 heavy (non-hydrogen) atoms. The number of rotatable bonds is 2. The minimum absolute atomic E-state index is 0.337. The molecule has 1 aromatic heterocycles. The molecule has 2 rings (SSSR count). The lowest BCUT2D eigenvalue weighted by Gasteiger charge is -2.33. The van der Waals surface area contributed by atoms with Crippen LogP contribution in [0.4, 0.5) is 0 Å². The van der Waals surface area contributed by atoms with E-state index in [0.717, 1.165) is 18.8 Å². The summed E-state index contributed by atoms with van der Waals surface area (Å²) in [5.74, 6) is 2.43. The lowest BCUT2D eigenvalue weighted by atomic mass is 9.74. The second kappa shape index (κ2) is 4.31. The molecule has 1 heterocycles. The van der Waals surface area contributed by atoms with Gasteiger partial charge >= 0.3 is 0 Å². The maximum Gasteiger partial charge on any atom is 0.153 e. The van der Waals surface area contributed by atoms with Crippen molar-refractivity contribution in [1.82, 2.24) is 15.2 Å². The van der Waals surface area contributed by atoms with E-state index in [9.17, 15) is 5.11 Å². The fraction of sp³-hybridized carbons (Fsp3) is 0.818. The highest BCUT2D eigenvalue weighted by molar-refractivity contribution is 4.92. The standard InChI is InChI=1S/C11H19N3O/c1-7-3-4-9(5-8(7)2)10(15)11-12-6-13-14-11/h6-10,15H,3-5H2,1-2H3,(H,12,13,14). The molecule has 1 aliphatic rings. The zero-order valence-corrected chi connectivity index (χ0v) is 9.35. The Hall–Kier alpha value is -0.900. The molecule has 0 saturated heterocycles. The maximum atomic E-state index is 10.1. The van der Waals surface area contributed by atoms with E-state index >= 15 is 0 Å². The number of nitrogens with one attached hydrogen (secondary N) is 1. The van der Waals surface area contributed by atoms with Crippen LogP contribution in [0.25, 0.3) is 0 Å². The third-order valence-electron chi connectivity index (χ3n) is 3.80. The summed E-state index contributed by atoms with van der Waals surface area (Å²) in [6.07, 6.45) is 4.36. The van der Waals surface area contributed by atoms with Gasteiger partial charge in [0.1, 0.15) is 12.4 Å². The van der Waals surface area contributed by atoms with Gasteiger partial charge in [0.2, 0.25) is 0 Å². The summed E-state index contributed by atoms with van der Waals surface area (Å²) < 4.78 is 0. The average molecular weight is 209 g/mol. The number of hydrogen-bond acceptors (Lipinski definition) is 3. The van der Waals surface area contributed by atoms with Crippen LogP contribution in [-0.4, -0.2) is 20.3 Å². The van der Waals surface area contributed by atoms with E-state index in [1.54, 1.807) is 0 Å². The molecule has 0 aromatic carbocycles. The lowest BCUT2D eigenvalue weighted by Crippen LogP contribution is -2.25. The average Bonchev–Trinajstić information content (AvgIpc) is 2.74. The van der Waals surface area contributed by atoms with Gasteiger partial charge in [-0.3, -0.25) is 5.10 Å². The Kier molecular flexibility index (Phi) is 3.05. The quantitative estimate of drug-likeness (QED) is 0.782. The molecule has 0 radical (unpaired) electrons. The van der Waals surface area contributed by atoms with Crippen LogP contribution < -0.4 is 0 Å². The first-order valence-electron chi connectivity index (χ1n) is 5.71. The first kappa shape index (κ1) is 10.6. The minimum atomic E-state index is -0.470. The summed E-state index contributed by atoms with van der Waals surface area (Å²) in [5.41, 5.74) is 0. The van der Waals surface area contributed by atoms with Crippen LogP contribution in [0.3, 0.4) is 0 Å². The topological polar surface area (TPSA) is 61.8 Å². The number of aromatic nitrogens is 3. The number of aromatic amines is 1. The van der Waals surface area contributed by atoms with Gasteiger partial charge in [0.05, 0.1) is 0 Å². The Labute approximate surface area is 90.1 Å². The molecule has 4 heteroatoms. The highest BCUT2D eigenvalue weighted by Crippen LogP contribution is 2.38. The van der Waals surface area contributed by atoms with E-state index in [1.165, 1.54) is 12.7 Å². The SMILES string of the molecule is CC1CCC(C(O)c2ncn[nH]2)CC1C. The smallest absolute Gasteiger partial charge is 0.153 e. The van der Waals surface area contributed by atoms with Gasteiger partial charge in [-0.1, -0.05) is 20.3 Å². The molecule has 4 atom stereocenters. The molecule has 2 N–H and O–H groups in total. The number of aliphatic hydroxyl groups excluding tert-OH is 1. The summed E-state index contributed by atoms with van der Waals surface area (Å²) >= 11 is 0. The second-order valence-corrected chi connectivity index (χ2v) is 4.84. The molecule has 1 fully saturated rings. The van der Waals surface area contributed by atoms with Crippen LogP contribution >= 0.6 is 0 Å². The van der Waals surface area contributed by atoms with Gasteiger partial charge in [0, 0.05) is 0 Å². The fourth-order valence-electron chi connectivity index (χ4n) is 2.46. The Balaban J connectivity index is 2.00. The normalized spacial score (nSPS) is 33.9. The third-order valence-corrected chi connectivity index (χ3v) is 3.80. The summed E-state index contributed by atoms with van der Waals surface area (Å²) in [6.45, 7) is 4.56. The largest absolute Gasteiger partial charge is 0.385 e. The molecule has 0 aliphatic heterocycles. The molecule has 1 aliphatic carbocycles. The molecular formula is C11H19N3O. The van der Waals surface area contributed by atoms with E-state index in [4.69, 9.17) is 0 Å². The van der Waals surface area contributed by atoms with E-state index in [2.05, 4.69) is 29.0 Å². The predicted molar refractivity (Wildman–Crippen MR) is 57.0 cm³/mol. The monoisotopic (exact) mass is 209 g/mol. The van der Waals surface area contributed by atoms with E-state index in [1.807, 2.05) is 0 Å². The highest BCUT2D eigenvalue weighted by Gasteiger charge is 2.31. The van der Waals surface area contributed by atoms with Gasteiger partial charge in [-0.2, -0.15) is 5.10 Å². The van der Waals surface area contributed by atoms with Crippen LogP contribution in [-0.2, 0) is 0 Å². The van der Waals surface area contributed by atoms with Crippen molar-refractivity contribution in [3.8, 4) is 0 Å². The van der Waals surface area contributed by atoms with Gasteiger partial charge in [0.15, 0.2) is 5.82 Å². The van der Waals surface area contributed by atoms with Crippen LogP contribution in [0.2, 0.25) is 0 Å². The molecule has 84 valence electrons.